The summed E-state index contributed by atoms with van der Waals surface area (Å²) in [6, 6.07) is 21.6. The molecule has 1 heterocycles. The first-order valence-electron chi connectivity index (χ1n) is 10.5. The number of anilines is 2. The van der Waals surface area contributed by atoms with Crippen LogP contribution in [0.4, 0.5) is 11.4 Å². The number of methoxy groups -OCH3 is 1. The lowest BCUT2D eigenvalue weighted by Crippen LogP contribution is -2.20. The van der Waals surface area contributed by atoms with Crippen LogP contribution < -0.4 is 11.0 Å². The van der Waals surface area contributed by atoms with Crippen LogP contribution >= 0.6 is 0 Å². The van der Waals surface area contributed by atoms with E-state index in [1.54, 1.807) is 16.2 Å². The number of aliphatic hydroxyl groups is 1. The minimum atomic E-state index is -1.01. The molecule has 31 heavy (non-hydrogen) atoms. The number of para-hydroxylation sites is 1. The van der Waals surface area contributed by atoms with E-state index in [2.05, 4.69) is 11.4 Å². The first-order chi connectivity index (χ1) is 15.1. The lowest BCUT2D eigenvalue weighted by molar-refractivity contribution is -0.0764. The van der Waals surface area contributed by atoms with Gasteiger partial charge in [0, 0.05) is 31.1 Å². The van der Waals surface area contributed by atoms with Crippen molar-refractivity contribution in [3.63, 3.8) is 0 Å². The largest absolute Gasteiger partial charge is 0.364 e. The van der Waals surface area contributed by atoms with Gasteiger partial charge in [-0.1, -0.05) is 24.3 Å². The monoisotopic (exact) mass is 415 g/mol. The van der Waals surface area contributed by atoms with E-state index in [1.807, 2.05) is 60.7 Å². The lowest BCUT2D eigenvalue weighted by Gasteiger charge is -2.17. The molecular formula is C25H25N3O3. The summed E-state index contributed by atoms with van der Waals surface area (Å²) in [5, 5.41) is 13.8. The van der Waals surface area contributed by atoms with Gasteiger partial charge in [0.05, 0.1) is 16.7 Å². The van der Waals surface area contributed by atoms with Crippen LogP contribution in [0.3, 0.4) is 0 Å². The van der Waals surface area contributed by atoms with Crippen molar-refractivity contribution in [2.45, 2.75) is 25.0 Å². The number of aryl methyl sites for hydroxylation is 1. The van der Waals surface area contributed by atoms with E-state index in [0.29, 0.717) is 11.5 Å². The Balaban J connectivity index is 1.55. The molecule has 0 spiro atoms. The fourth-order valence-electron chi connectivity index (χ4n) is 4.09. The van der Waals surface area contributed by atoms with Gasteiger partial charge in [-0.05, 0) is 66.8 Å². The highest BCUT2D eigenvalue weighted by Crippen LogP contribution is 2.42. The van der Waals surface area contributed by atoms with E-state index in [-0.39, 0.29) is 5.69 Å². The van der Waals surface area contributed by atoms with Crippen LogP contribution in [0, 0.1) is 0 Å². The number of fused-ring (bicyclic) bond motifs is 1. The Labute approximate surface area is 180 Å². The number of aromatic nitrogens is 2. The number of hydrogen-bond acceptors (Lipinski definition) is 4. The predicted octanol–water partition coefficient (Wildman–Crippen LogP) is 4.59. The van der Waals surface area contributed by atoms with Crippen LogP contribution in [0.2, 0.25) is 0 Å². The van der Waals surface area contributed by atoms with Gasteiger partial charge in [0.1, 0.15) is 0 Å². The van der Waals surface area contributed by atoms with Crippen molar-refractivity contribution in [2.24, 2.45) is 7.05 Å². The van der Waals surface area contributed by atoms with Crippen molar-refractivity contribution < 1.29 is 9.84 Å². The number of imidazole rings is 1. The van der Waals surface area contributed by atoms with Gasteiger partial charge < -0.3 is 15.2 Å². The summed E-state index contributed by atoms with van der Waals surface area (Å²) in [4.78, 5) is 12.9. The highest BCUT2D eigenvalue weighted by atomic mass is 16.6. The van der Waals surface area contributed by atoms with Crippen LogP contribution in [0.1, 0.15) is 36.2 Å². The molecule has 6 heteroatoms. The van der Waals surface area contributed by atoms with E-state index < -0.39 is 6.29 Å². The normalized spacial score (nSPS) is 14.7. The summed E-state index contributed by atoms with van der Waals surface area (Å²) in [5.74, 6) is 0.584. The fraction of sp³-hybridized carbons (Fsp3) is 0.240. The van der Waals surface area contributed by atoms with Crippen LogP contribution in [-0.4, -0.2) is 21.4 Å². The SMILES string of the molecule is COC(O)c1cc(C2CC2)ccc1Nc1ccc2c(c1)n(C)c(=O)n2-c1ccccc1. The molecule has 4 aromatic rings. The summed E-state index contributed by atoms with van der Waals surface area (Å²) >= 11 is 0. The highest BCUT2D eigenvalue weighted by Gasteiger charge is 2.25. The smallest absolute Gasteiger partial charge is 0.333 e. The molecule has 5 rings (SSSR count). The predicted molar refractivity (Wildman–Crippen MR) is 122 cm³/mol. The molecule has 0 bridgehead atoms. The molecule has 1 unspecified atom stereocenters. The Hall–Kier alpha value is -3.35. The molecule has 0 radical (unpaired) electrons. The summed E-state index contributed by atoms with van der Waals surface area (Å²) in [6.45, 7) is 0. The quantitative estimate of drug-likeness (QED) is 0.452. The highest BCUT2D eigenvalue weighted by molar-refractivity contribution is 5.83. The van der Waals surface area contributed by atoms with Gasteiger partial charge >= 0.3 is 5.69 Å². The van der Waals surface area contributed by atoms with Gasteiger partial charge in [-0.2, -0.15) is 0 Å². The van der Waals surface area contributed by atoms with Crippen molar-refractivity contribution in [1.29, 1.82) is 0 Å². The second kappa shape index (κ2) is 7.72. The molecular weight excluding hydrogens is 390 g/mol. The van der Waals surface area contributed by atoms with E-state index in [9.17, 15) is 9.90 Å². The van der Waals surface area contributed by atoms with Gasteiger partial charge in [0.25, 0.3) is 0 Å². The van der Waals surface area contributed by atoms with Gasteiger partial charge in [-0.15, -0.1) is 0 Å². The molecule has 1 atom stereocenters. The maximum Gasteiger partial charge on any atom is 0.333 e. The van der Waals surface area contributed by atoms with Crippen molar-refractivity contribution in [2.75, 3.05) is 12.4 Å². The zero-order valence-corrected chi connectivity index (χ0v) is 17.6. The van der Waals surface area contributed by atoms with Gasteiger partial charge in [-0.3, -0.25) is 9.13 Å². The number of aliphatic hydroxyl groups excluding tert-OH is 1. The molecule has 3 aromatic carbocycles. The first kappa shape index (κ1) is 19.6. The molecule has 0 amide bonds. The third kappa shape index (κ3) is 3.54. The van der Waals surface area contributed by atoms with Crippen LogP contribution in [-0.2, 0) is 11.8 Å². The molecule has 158 valence electrons. The first-order valence-corrected chi connectivity index (χ1v) is 10.5. The topological polar surface area (TPSA) is 68.4 Å². The minimum Gasteiger partial charge on any atom is -0.364 e. The molecule has 1 saturated carbocycles. The third-order valence-corrected chi connectivity index (χ3v) is 5.96. The van der Waals surface area contributed by atoms with E-state index in [1.165, 1.54) is 25.5 Å². The molecule has 1 fully saturated rings. The third-order valence-electron chi connectivity index (χ3n) is 5.96. The molecule has 0 saturated heterocycles. The Bertz CT molecular complexity index is 1300. The van der Waals surface area contributed by atoms with Gasteiger partial charge in [0.15, 0.2) is 6.29 Å². The molecule has 1 aliphatic rings. The van der Waals surface area contributed by atoms with Gasteiger partial charge in [0.2, 0.25) is 0 Å². The Morgan fingerprint density at radius 1 is 1.03 bits per heavy atom. The maximum absolute atomic E-state index is 12.9. The number of hydrogen-bond donors (Lipinski definition) is 2. The summed E-state index contributed by atoms with van der Waals surface area (Å²) in [6.07, 6.45) is 1.38. The molecule has 2 N–H and O–H groups in total. The molecule has 1 aromatic heterocycles. The van der Waals surface area contributed by atoms with Crippen molar-refractivity contribution in [3.05, 3.63) is 88.3 Å². The summed E-state index contributed by atoms with van der Waals surface area (Å²) in [7, 11) is 3.27. The lowest BCUT2D eigenvalue weighted by atomic mass is 10.0. The second-order valence-electron chi connectivity index (χ2n) is 8.05. The zero-order valence-electron chi connectivity index (χ0n) is 17.6. The number of benzene rings is 3. The van der Waals surface area contributed by atoms with Gasteiger partial charge in [-0.25, -0.2) is 4.79 Å². The number of nitrogens with zero attached hydrogens (tertiary/aromatic N) is 2. The summed E-state index contributed by atoms with van der Waals surface area (Å²) in [5.41, 5.74) is 5.95. The Kier molecular flexibility index (Phi) is 4.88. The molecule has 1 aliphatic carbocycles. The molecule has 6 nitrogen and oxygen atoms in total. The van der Waals surface area contributed by atoms with E-state index in [4.69, 9.17) is 4.74 Å². The van der Waals surface area contributed by atoms with Crippen LogP contribution in [0.5, 0.6) is 0 Å². The van der Waals surface area contributed by atoms with Crippen LogP contribution in [0.15, 0.2) is 71.5 Å². The average molecular weight is 415 g/mol. The number of nitrogens with one attached hydrogen (secondary N) is 1. The minimum absolute atomic E-state index is 0.0948. The second-order valence-corrected chi connectivity index (χ2v) is 8.05. The standard InChI is InChI=1S/C25H25N3O3/c1-27-23-15-18(11-13-22(23)28(25(27)30)19-6-4-3-5-7-19)26-21-12-10-17(16-8-9-16)14-20(21)24(29)31-2/h3-7,10-16,24,26,29H,8-9H2,1-2H3. The Morgan fingerprint density at radius 2 is 1.81 bits per heavy atom. The average Bonchev–Trinajstić information content (AvgIpc) is 3.62. The zero-order chi connectivity index (χ0) is 21.5. The van der Waals surface area contributed by atoms with Crippen molar-refractivity contribution >= 4 is 22.4 Å². The van der Waals surface area contributed by atoms with E-state index in [0.717, 1.165) is 28.1 Å². The van der Waals surface area contributed by atoms with Crippen molar-refractivity contribution in [1.82, 2.24) is 9.13 Å². The fourth-order valence-corrected chi connectivity index (χ4v) is 4.09. The number of rotatable bonds is 6. The van der Waals surface area contributed by atoms with Crippen molar-refractivity contribution in [3.8, 4) is 5.69 Å². The van der Waals surface area contributed by atoms with E-state index >= 15 is 0 Å². The van der Waals surface area contributed by atoms with Crippen LogP contribution in [0.25, 0.3) is 16.7 Å². The Morgan fingerprint density at radius 3 is 2.52 bits per heavy atom. The maximum atomic E-state index is 12.9. The number of ether oxygens (including phenoxy) is 1. The molecule has 0 aliphatic heterocycles. The summed E-state index contributed by atoms with van der Waals surface area (Å²) < 4.78 is 8.55.